The minimum atomic E-state index is -5.16. The van der Waals surface area contributed by atoms with Crippen LogP contribution in [0.25, 0.3) is 12.2 Å². The van der Waals surface area contributed by atoms with E-state index in [0.29, 0.717) is 11.4 Å². The summed E-state index contributed by atoms with van der Waals surface area (Å²) in [4.78, 5) is 28.1. The third kappa shape index (κ3) is 12.8. The highest BCUT2D eigenvalue weighted by molar-refractivity contribution is 7.86. The monoisotopic (exact) mass is 915 g/mol. The number of anilines is 10. The highest BCUT2D eigenvalue weighted by Crippen LogP contribution is 2.29. The van der Waals surface area contributed by atoms with Crippen molar-refractivity contribution in [2.24, 2.45) is 0 Å². The molecular weight excluding hydrogens is 873 g/mol. The molecule has 0 spiro atoms. The van der Waals surface area contributed by atoms with E-state index in [2.05, 4.69) is 51.2 Å². The van der Waals surface area contributed by atoms with Gasteiger partial charge in [-0.25, -0.2) is 8.42 Å². The van der Waals surface area contributed by atoms with Crippen molar-refractivity contribution in [3.05, 3.63) is 108 Å². The van der Waals surface area contributed by atoms with Crippen LogP contribution < -0.4 is 31.1 Å². The first kappa shape index (κ1) is 46.6. The lowest BCUT2D eigenvalue weighted by atomic mass is 10.1. The Morgan fingerprint density at radius 2 is 0.828 bits per heavy atom. The summed E-state index contributed by atoms with van der Waals surface area (Å²) in [5, 5.41) is 50.3. The Hall–Kier alpha value is -6.90. The Balaban J connectivity index is 1.31. The molecule has 6 aromatic rings. The molecule has 0 radical (unpaired) electrons. The van der Waals surface area contributed by atoms with Crippen molar-refractivity contribution in [1.82, 2.24) is 29.9 Å². The molecule has 2 aromatic heterocycles. The number of para-hydroxylation sites is 2. The molecule has 24 heteroatoms. The lowest BCUT2D eigenvalue weighted by Crippen LogP contribution is -2.31. The molecule has 9 N–H and O–H groups in total. The van der Waals surface area contributed by atoms with Crippen LogP contribution in [0.3, 0.4) is 0 Å². The number of nitrogens with one attached hydrogen (secondary N) is 4. The molecule has 0 fully saturated rings. The molecule has 0 aliphatic rings. The molecule has 22 nitrogen and oxygen atoms in total. The van der Waals surface area contributed by atoms with Crippen molar-refractivity contribution in [2.75, 3.05) is 83.7 Å². The van der Waals surface area contributed by atoms with Gasteiger partial charge < -0.3 is 56.0 Å². The fourth-order valence-electron chi connectivity index (χ4n) is 6.02. The van der Waals surface area contributed by atoms with Gasteiger partial charge in [0.15, 0.2) is 0 Å². The minimum Gasteiger partial charge on any atom is -0.744 e. The molecule has 0 aliphatic carbocycles. The fraction of sp³-hybridized carbons (Fsp3) is 0.200. The Bertz CT molecular complexity index is 2580. The lowest BCUT2D eigenvalue weighted by molar-refractivity contribution is 0.279. The fourth-order valence-corrected chi connectivity index (χ4v) is 7.43. The van der Waals surface area contributed by atoms with Gasteiger partial charge in [-0.1, -0.05) is 60.7 Å². The average molecular weight is 916 g/mol. The van der Waals surface area contributed by atoms with Gasteiger partial charge in [0.05, 0.1) is 31.3 Å². The number of hydrogen-bond donors (Lipinski definition) is 9. The van der Waals surface area contributed by atoms with Crippen LogP contribution in [-0.2, 0) is 20.2 Å². The maximum Gasteiger partial charge on any atom is 0.295 e. The van der Waals surface area contributed by atoms with E-state index in [0.717, 1.165) is 12.1 Å². The van der Waals surface area contributed by atoms with Crippen LogP contribution in [0.15, 0.2) is 107 Å². The normalized spacial score (nSPS) is 11.7. The zero-order valence-corrected chi connectivity index (χ0v) is 35.4. The van der Waals surface area contributed by atoms with Gasteiger partial charge in [-0.15, -0.1) is 0 Å². The molecule has 2 heterocycles. The molecule has 0 saturated heterocycles. The van der Waals surface area contributed by atoms with Crippen molar-refractivity contribution in [2.45, 2.75) is 9.79 Å². The van der Waals surface area contributed by atoms with Crippen LogP contribution in [0.1, 0.15) is 11.1 Å². The number of aliphatic hydroxyl groups is 4. The number of rotatable bonds is 22. The SMILES string of the molecule is O=S(=O)([O-])c1cc(Nc2nc(Nc3ccccc3)nc(N(CCO)CCO)n2)ccc1/C=C/c1ccc(Nc2nc(Nc3ccccc3)nc(N(CCO)CCO)n2)cc1S(=O)(=O)O. The minimum absolute atomic E-state index is 0.0664. The van der Waals surface area contributed by atoms with Crippen LogP contribution in [-0.4, -0.2) is 129 Å². The van der Waals surface area contributed by atoms with E-state index in [1.165, 1.54) is 46.2 Å². The lowest BCUT2D eigenvalue weighted by Gasteiger charge is -2.21. The first-order chi connectivity index (χ1) is 30.8. The topological polar surface area (TPSA) is 324 Å². The summed E-state index contributed by atoms with van der Waals surface area (Å²) in [6, 6.07) is 25.4. The standard InChI is InChI=1S/C40H44N12O10S2/c53-21-17-51(18-22-54)39-47-35(41-29-7-3-1-4-8-29)45-37(49-39)43-31-15-13-27(33(25-31)63(57,58)59)11-12-28-14-16-32(26-34(28)64(60,61)62)44-38-46-36(42-30-9-5-2-6-10-30)48-40(50-38)52(19-23-55)20-24-56/h1-16,25-26,53-56H,17-24H2,(H,57,58,59)(H,60,61,62)(H2,41,43,45,47,49)(H2,42,44,46,48,50)/p-1/b12-11+. The van der Waals surface area contributed by atoms with E-state index in [-0.39, 0.29) is 111 Å². The van der Waals surface area contributed by atoms with Crippen molar-refractivity contribution in [3.8, 4) is 0 Å². The molecule has 0 saturated carbocycles. The quantitative estimate of drug-likeness (QED) is 0.0349. The third-order valence-corrected chi connectivity index (χ3v) is 10.7. The Morgan fingerprint density at radius 1 is 0.484 bits per heavy atom. The summed E-state index contributed by atoms with van der Waals surface area (Å²) in [6.07, 6.45) is 2.39. The second-order valence-corrected chi connectivity index (χ2v) is 16.2. The first-order valence-electron chi connectivity index (χ1n) is 19.3. The Kier molecular flexibility index (Phi) is 15.6. The Morgan fingerprint density at radius 3 is 1.17 bits per heavy atom. The average Bonchev–Trinajstić information content (AvgIpc) is 3.26. The molecular formula is C40H43N12O10S2-. The van der Waals surface area contributed by atoms with E-state index in [1.807, 2.05) is 12.1 Å². The Labute approximate surface area is 367 Å². The maximum atomic E-state index is 12.7. The summed E-state index contributed by atoms with van der Waals surface area (Å²) >= 11 is 0. The highest BCUT2D eigenvalue weighted by atomic mass is 32.2. The van der Waals surface area contributed by atoms with Crippen LogP contribution >= 0.6 is 0 Å². The molecule has 0 bridgehead atoms. The molecule has 6 rings (SSSR count). The van der Waals surface area contributed by atoms with Gasteiger partial charge in [0, 0.05) is 48.9 Å². The van der Waals surface area contributed by atoms with Gasteiger partial charge in [0.2, 0.25) is 35.7 Å². The van der Waals surface area contributed by atoms with E-state index in [9.17, 15) is 46.4 Å². The van der Waals surface area contributed by atoms with E-state index >= 15 is 0 Å². The van der Waals surface area contributed by atoms with E-state index < -0.39 is 30.0 Å². The van der Waals surface area contributed by atoms with Gasteiger partial charge in [-0.3, -0.25) is 4.55 Å². The predicted octanol–water partition coefficient (Wildman–Crippen LogP) is 2.93. The number of hydrogen-bond acceptors (Lipinski definition) is 21. The van der Waals surface area contributed by atoms with Crippen molar-refractivity contribution in [3.63, 3.8) is 0 Å². The molecule has 0 aliphatic heterocycles. The summed E-state index contributed by atoms with van der Waals surface area (Å²) < 4.78 is 73.5. The van der Waals surface area contributed by atoms with Crippen LogP contribution in [0.2, 0.25) is 0 Å². The van der Waals surface area contributed by atoms with Crippen LogP contribution in [0, 0.1) is 0 Å². The summed E-state index contributed by atoms with van der Waals surface area (Å²) in [5.41, 5.74) is 1.21. The van der Waals surface area contributed by atoms with E-state index in [4.69, 9.17) is 0 Å². The van der Waals surface area contributed by atoms with Crippen molar-refractivity contribution in [1.29, 1.82) is 0 Å². The van der Waals surface area contributed by atoms with Crippen molar-refractivity contribution < 1.29 is 46.4 Å². The number of aliphatic hydroxyl groups excluding tert-OH is 4. The largest absolute Gasteiger partial charge is 0.744 e. The molecule has 64 heavy (non-hydrogen) atoms. The van der Waals surface area contributed by atoms with Crippen molar-refractivity contribution >= 4 is 90.8 Å². The summed E-state index contributed by atoms with van der Waals surface area (Å²) in [7, 11) is -10.1. The predicted molar refractivity (Wildman–Crippen MR) is 238 cm³/mol. The van der Waals surface area contributed by atoms with Gasteiger partial charge in [-0.05, 0) is 59.7 Å². The smallest absolute Gasteiger partial charge is 0.295 e. The van der Waals surface area contributed by atoms with Crippen LogP contribution in [0.4, 0.5) is 58.4 Å². The maximum absolute atomic E-state index is 12.7. The molecule has 0 atom stereocenters. The molecule has 4 aromatic carbocycles. The zero-order chi connectivity index (χ0) is 45.7. The highest BCUT2D eigenvalue weighted by Gasteiger charge is 2.19. The zero-order valence-electron chi connectivity index (χ0n) is 33.7. The second kappa shape index (κ2) is 21.5. The molecule has 0 amide bonds. The van der Waals surface area contributed by atoms with Gasteiger partial charge in [-0.2, -0.15) is 38.3 Å². The van der Waals surface area contributed by atoms with Gasteiger partial charge in [0.1, 0.15) is 15.0 Å². The number of aromatic nitrogens is 6. The van der Waals surface area contributed by atoms with Gasteiger partial charge >= 0.3 is 0 Å². The van der Waals surface area contributed by atoms with E-state index in [1.54, 1.807) is 48.5 Å². The first-order valence-corrected chi connectivity index (χ1v) is 22.1. The summed E-state index contributed by atoms with van der Waals surface area (Å²) in [6.45, 7) is -0.841. The van der Waals surface area contributed by atoms with Crippen LogP contribution in [0.5, 0.6) is 0 Å². The molecule has 0 unspecified atom stereocenters. The molecule has 336 valence electrons. The number of benzene rings is 4. The number of nitrogens with zero attached hydrogens (tertiary/aromatic N) is 8. The second-order valence-electron chi connectivity index (χ2n) is 13.4. The summed E-state index contributed by atoms with van der Waals surface area (Å²) in [5.74, 6) is 0.124. The third-order valence-electron chi connectivity index (χ3n) is 8.88. The van der Waals surface area contributed by atoms with Gasteiger partial charge in [0.25, 0.3) is 10.1 Å².